The Balaban J connectivity index is 2.94. The van der Waals surface area contributed by atoms with E-state index in [0.29, 0.717) is 23.7 Å². The zero-order chi connectivity index (χ0) is 14.3. The lowest BCUT2D eigenvalue weighted by Gasteiger charge is -2.14. The molecule has 1 aromatic rings. The summed E-state index contributed by atoms with van der Waals surface area (Å²) in [4.78, 5) is 12.4. The van der Waals surface area contributed by atoms with Crippen LogP contribution < -0.4 is 4.74 Å². The van der Waals surface area contributed by atoms with Crippen molar-refractivity contribution in [1.29, 1.82) is 0 Å². The fourth-order valence-electron chi connectivity index (χ4n) is 1.70. The van der Waals surface area contributed by atoms with Crippen LogP contribution in [0.5, 0.6) is 5.75 Å². The molecule has 0 saturated carbocycles. The van der Waals surface area contributed by atoms with Crippen molar-refractivity contribution >= 4 is 16.8 Å². The van der Waals surface area contributed by atoms with Gasteiger partial charge in [0, 0.05) is 4.90 Å². The molecule has 2 unspecified atom stereocenters. The Morgan fingerprint density at radius 3 is 2.68 bits per heavy atom. The van der Waals surface area contributed by atoms with Crippen molar-refractivity contribution in [3.05, 3.63) is 24.3 Å². The molecule has 0 bridgehead atoms. The summed E-state index contributed by atoms with van der Waals surface area (Å²) in [6, 6.07) is 6.97. The lowest BCUT2D eigenvalue weighted by Crippen LogP contribution is -2.28. The molecule has 106 valence electrons. The highest BCUT2D eigenvalue weighted by molar-refractivity contribution is 7.86. The average Bonchev–Trinajstić information content (AvgIpc) is 2.44. The van der Waals surface area contributed by atoms with Crippen LogP contribution in [0.2, 0.25) is 0 Å². The Morgan fingerprint density at radius 2 is 2.11 bits per heavy atom. The predicted octanol–water partition coefficient (Wildman–Crippen LogP) is 2.53. The number of methoxy groups -OCH3 is 1. The summed E-state index contributed by atoms with van der Waals surface area (Å²) in [5.74, 6) is 0.232. The Kier molecular flexibility index (Phi) is 6.56. The van der Waals surface area contributed by atoms with E-state index in [1.807, 2.05) is 6.92 Å². The van der Waals surface area contributed by atoms with Gasteiger partial charge in [0.05, 0.1) is 24.5 Å². The summed E-state index contributed by atoms with van der Waals surface area (Å²) in [6.45, 7) is 4.00. The fourth-order valence-corrected chi connectivity index (χ4v) is 3.17. The minimum absolute atomic E-state index is 0.300. The number of hydrogen-bond acceptors (Lipinski definition) is 4. The van der Waals surface area contributed by atoms with E-state index in [1.54, 1.807) is 38.3 Å². The molecule has 0 N–H and O–H groups in total. The summed E-state index contributed by atoms with van der Waals surface area (Å²) >= 11 is 0. The monoisotopic (exact) mass is 284 g/mol. The van der Waals surface area contributed by atoms with Crippen molar-refractivity contribution in [3.8, 4) is 5.75 Å². The lowest BCUT2D eigenvalue weighted by molar-refractivity contribution is -0.142. The van der Waals surface area contributed by atoms with Crippen molar-refractivity contribution in [2.75, 3.05) is 13.7 Å². The van der Waals surface area contributed by atoms with Crippen molar-refractivity contribution in [1.82, 2.24) is 0 Å². The van der Waals surface area contributed by atoms with Gasteiger partial charge in [-0.3, -0.25) is 9.00 Å². The van der Waals surface area contributed by atoms with E-state index in [1.165, 1.54) is 0 Å². The molecule has 19 heavy (non-hydrogen) atoms. The third kappa shape index (κ3) is 4.35. The Labute approximate surface area is 116 Å². The molecule has 1 aromatic carbocycles. The second-order valence-corrected chi connectivity index (χ2v) is 5.64. The molecule has 0 aliphatic rings. The van der Waals surface area contributed by atoms with E-state index in [9.17, 15) is 9.00 Å². The van der Waals surface area contributed by atoms with E-state index in [4.69, 9.17) is 9.47 Å². The molecule has 0 heterocycles. The summed E-state index contributed by atoms with van der Waals surface area (Å²) in [5.41, 5.74) is 0. The molecule has 0 spiro atoms. The van der Waals surface area contributed by atoms with Crippen molar-refractivity contribution < 1.29 is 18.5 Å². The van der Waals surface area contributed by atoms with Gasteiger partial charge in [-0.1, -0.05) is 19.4 Å². The molecule has 0 amide bonds. The number of carbonyl (C=O) groups is 1. The first-order chi connectivity index (χ1) is 9.13. The maximum Gasteiger partial charge on any atom is 0.322 e. The van der Waals surface area contributed by atoms with Gasteiger partial charge in [0.1, 0.15) is 11.0 Å². The molecule has 0 fully saturated rings. The molecule has 4 nitrogen and oxygen atoms in total. The average molecular weight is 284 g/mol. The van der Waals surface area contributed by atoms with Crippen molar-refractivity contribution in [2.45, 2.75) is 36.8 Å². The zero-order valence-electron chi connectivity index (χ0n) is 11.5. The highest BCUT2D eigenvalue weighted by Gasteiger charge is 2.27. The Bertz CT molecular complexity index is 445. The summed E-state index contributed by atoms with van der Waals surface area (Å²) < 4.78 is 22.6. The molecule has 1 rings (SSSR count). The number of esters is 1. The fraction of sp³-hybridized carbons (Fsp3) is 0.500. The molecule has 0 aliphatic heterocycles. The molecule has 2 atom stereocenters. The first-order valence-corrected chi connectivity index (χ1v) is 7.56. The van der Waals surface area contributed by atoms with E-state index in [2.05, 4.69) is 0 Å². The van der Waals surface area contributed by atoms with Gasteiger partial charge in [-0.05, 0) is 31.5 Å². The maximum atomic E-state index is 12.5. The van der Waals surface area contributed by atoms with Gasteiger partial charge in [-0.25, -0.2) is 0 Å². The Hall–Kier alpha value is -1.36. The minimum Gasteiger partial charge on any atom is -0.497 e. The van der Waals surface area contributed by atoms with Gasteiger partial charge in [0.25, 0.3) is 0 Å². The second kappa shape index (κ2) is 7.94. The van der Waals surface area contributed by atoms with Crippen LogP contribution in [-0.4, -0.2) is 29.1 Å². The van der Waals surface area contributed by atoms with Gasteiger partial charge < -0.3 is 9.47 Å². The number of carbonyl (C=O) groups excluding carboxylic acids is 1. The van der Waals surface area contributed by atoms with E-state index >= 15 is 0 Å². The molecule has 5 heteroatoms. The highest BCUT2D eigenvalue weighted by Crippen LogP contribution is 2.21. The van der Waals surface area contributed by atoms with Crippen LogP contribution in [0.1, 0.15) is 26.7 Å². The lowest BCUT2D eigenvalue weighted by atomic mass is 10.2. The maximum absolute atomic E-state index is 12.5. The van der Waals surface area contributed by atoms with E-state index in [0.717, 1.165) is 6.42 Å². The van der Waals surface area contributed by atoms with Gasteiger partial charge in [0.2, 0.25) is 0 Å². The molecule has 0 aliphatic carbocycles. The first kappa shape index (κ1) is 15.7. The van der Waals surface area contributed by atoms with Crippen molar-refractivity contribution in [2.24, 2.45) is 0 Å². The van der Waals surface area contributed by atoms with Crippen LogP contribution in [0, 0.1) is 0 Å². The van der Waals surface area contributed by atoms with Crippen LogP contribution in [0.25, 0.3) is 0 Å². The number of benzene rings is 1. The molecule has 0 saturated heterocycles. The zero-order valence-corrected chi connectivity index (χ0v) is 12.4. The van der Waals surface area contributed by atoms with Crippen molar-refractivity contribution in [3.63, 3.8) is 0 Å². The highest BCUT2D eigenvalue weighted by atomic mass is 32.2. The number of hydrogen-bond donors (Lipinski definition) is 0. The summed E-state index contributed by atoms with van der Waals surface area (Å²) in [6.07, 6.45) is 1.32. The van der Waals surface area contributed by atoms with E-state index < -0.39 is 22.0 Å². The van der Waals surface area contributed by atoms with Gasteiger partial charge >= 0.3 is 5.97 Å². The number of rotatable bonds is 7. The second-order valence-electron chi connectivity index (χ2n) is 4.01. The Morgan fingerprint density at radius 1 is 1.37 bits per heavy atom. The smallest absolute Gasteiger partial charge is 0.322 e. The standard InChI is InChI=1S/C14H20O4S/c1-4-7-13(14(15)18-5-2)19(16)12-9-6-8-11(10-12)17-3/h6,8-10,13H,4-5,7H2,1-3H3. The molecular formula is C14H20O4S. The molecule has 0 radical (unpaired) electrons. The van der Waals surface area contributed by atoms with Crippen LogP contribution in [-0.2, 0) is 20.3 Å². The summed E-state index contributed by atoms with van der Waals surface area (Å²) in [5, 5.41) is -0.614. The third-order valence-electron chi connectivity index (χ3n) is 2.63. The van der Waals surface area contributed by atoms with Gasteiger partial charge in [0.15, 0.2) is 0 Å². The van der Waals surface area contributed by atoms with E-state index in [-0.39, 0.29) is 0 Å². The van der Waals surface area contributed by atoms with Crippen LogP contribution >= 0.6 is 0 Å². The third-order valence-corrected chi connectivity index (χ3v) is 4.30. The minimum atomic E-state index is -1.42. The van der Waals surface area contributed by atoms with Gasteiger partial charge in [-0.2, -0.15) is 0 Å². The molecular weight excluding hydrogens is 264 g/mol. The first-order valence-electron chi connectivity index (χ1n) is 6.35. The van der Waals surface area contributed by atoms with Crippen LogP contribution in [0.3, 0.4) is 0 Å². The topological polar surface area (TPSA) is 52.6 Å². The van der Waals surface area contributed by atoms with Crippen LogP contribution in [0.4, 0.5) is 0 Å². The van der Waals surface area contributed by atoms with Gasteiger partial charge in [-0.15, -0.1) is 0 Å². The largest absolute Gasteiger partial charge is 0.497 e. The molecule has 0 aromatic heterocycles. The SMILES string of the molecule is CCCC(C(=O)OCC)S(=O)c1cccc(OC)c1. The summed E-state index contributed by atoms with van der Waals surface area (Å²) in [7, 11) is 0.133. The number of ether oxygens (including phenoxy) is 2. The van der Waals surface area contributed by atoms with Crippen LogP contribution in [0.15, 0.2) is 29.2 Å². The predicted molar refractivity (Wildman–Crippen MR) is 74.7 cm³/mol. The quantitative estimate of drug-likeness (QED) is 0.722. The normalized spacial score (nSPS) is 13.6.